The molecule has 2 aliphatic heterocycles. The summed E-state index contributed by atoms with van der Waals surface area (Å²) in [6.07, 6.45) is -2.82. The SMILES string of the molecule is Cl.Cl.Oc1ccc(C(F)(F)F)cc1[C@@H](C1CCOCC1)N1CCNCC1. The Hall–Kier alpha value is -0.730. The fraction of sp³-hybridized carbons (Fsp3) is 0.647. The van der Waals surface area contributed by atoms with Gasteiger partial charge in [0.2, 0.25) is 0 Å². The summed E-state index contributed by atoms with van der Waals surface area (Å²) in [6, 6.07) is 3.03. The van der Waals surface area contributed by atoms with Gasteiger partial charge in [0.1, 0.15) is 5.75 Å². The average Bonchev–Trinajstić information content (AvgIpc) is 2.58. The Morgan fingerprint density at radius 3 is 2.31 bits per heavy atom. The highest BCUT2D eigenvalue weighted by molar-refractivity contribution is 5.85. The number of hydrogen-bond donors (Lipinski definition) is 2. The minimum atomic E-state index is -4.41. The predicted octanol–water partition coefficient (Wildman–Crippen LogP) is 3.63. The molecule has 150 valence electrons. The van der Waals surface area contributed by atoms with E-state index in [2.05, 4.69) is 10.2 Å². The smallest absolute Gasteiger partial charge is 0.416 e. The monoisotopic (exact) mass is 416 g/mol. The van der Waals surface area contributed by atoms with Gasteiger partial charge in [-0.15, -0.1) is 24.8 Å². The topological polar surface area (TPSA) is 44.7 Å². The van der Waals surface area contributed by atoms with Crippen molar-refractivity contribution in [1.29, 1.82) is 0 Å². The molecule has 1 aromatic rings. The molecule has 0 amide bonds. The molecular formula is C17H25Cl2F3N2O2. The molecule has 2 saturated heterocycles. The van der Waals surface area contributed by atoms with E-state index in [1.807, 2.05) is 0 Å². The Morgan fingerprint density at radius 2 is 1.73 bits per heavy atom. The first-order valence-corrected chi connectivity index (χ1v) is 8.39. The average molecular weight is 417 g/mol. The Balaban J connectivity index is 0.00000169. The van der Waals surface area contributed by atoms with E-state index < -0.39 is 11.7 Å². The Labute approximate surface area is 163 Å². The number of rotatable bonds is 3. The van der Waals surface area contributed by atoms with Crippen LogP contribution >= 0.6 is 24.8 Å². The zero-order valence-electron chi connectivity index (χ0n) is 14.3. The van der Waals surface area contributed by atoms with E-state index in [0.717, 1.165) is 51.2 Å². The third kappa shape index (κ3) is 5.39. The minimum absolute atomic E-state index is 0. The van der Waals surface area contributed by atoms with Crippen molar-refractivity contribution in [2.45, 2.75) is 25.1 Å². The van der Waals surface area contributed by atoms with Crippen molar-refractivity contribution in [1.82, 2.24) is 10.2 Å². The standard InChI is InChI=1S/C17H23F3N2O2.2ClH/c18-17(19,20)13-1-2-15(23)14(11-13)16(12-3-9-24-10-4-12)22-7-5-21-6-8-22;;/h1-2,11-12,16,21,23H,3-10H2;2*1H/t16-;;/m1../s1. The van der Waals surface area contributed by atoms with Gasteiger partial charge in [-0.2, -0.15) is 13.2 Å². The van der Waals surface area contributed by atoms with Crippen molar-refractivity contribution >= 4 is 24.8 Å². The summed E-state index contributed by atoms with van der Waals surface area (Å²) in [7, 11) is 0. The summed E-state index contributed by atoms with van der Waals surface area (Å²) >= 11 is 0. The lowest BCUT2D eigenvalue weighted by molar-refractivity contribution is -0.137. The van der Waals surface area contributed by atoms with Gasteiger partial charge in [-0.25, -0.2) is 0 Å². The first kappa shape index (κ1) is 23.3. The number of alkyl halides is 3. The third-order valence-electron chi connectivity index (χ3n) is 4.93. The lowest BCUT2D eigenvalue weighted by Gasteiger charge is -2.41. The predicted molar refractivity (Wildman–Crippen MR) is 98.3 cm³/mol. The first-order chi connectivity index (χ1) is 11.5. The second kappa shape index (κ2) is 9.99. The number of ether oxygens (including phenoxy) is 1. The highest BCUT2D eigenvalue weighted by atomic mass is 35.5. The van der Waals surface area contributed by atoms with Gasteiger partial charge < -0.3 is 15.2 Å². The Bertz CT molecular complexity index is 545. The quantitative estimate of drug-likeness (QED) is 0.789. The molecule has 2 aliphatic rings. The number of piperazine rings is 1. The number of hydrogen-bond acceptors (Lipinski definition) is 4. The van der Waals surface area contributed by atoms with Gasteiger partial charge in [-0.3, -0.25) is 4.90 Å². The van der Waals surface area contributed by atoms with Gasteiger partial charge in [-0.05, 0) is 37.0 Å². The highest BCUT2D eigenvalue weighted by Crippen LogP contribution is 2.41. The second-order valence-electron chi connectivity index (χ2n) is 6.45. The molecule has 0 aromatic heterocycles. The van der Waals surface area contributed by atoms with E-state index in [0.29, 0.717) is 18.8 Å². The maximum absolute atomic E-state index is 13.1. The molecule has 0 radical (unpaired) electrons. The van der Waals surface area contributed by atoms with Crippen molar-refractivity contribution in [3.8, 4) is 5.75 Å². The molecule has 0 unspecified atom stereocenters. The van der Waals surface area contributed by atoms with Crippen molar-refractivity contribution in [3.63, 3.8) is 0 Å². The van der Waals surface area contributed by atoms with E-state index in [-0.39, 0.29) is 42.5 Å². The molecule has 0 aliphatic carbocycles. The lowest BCUT2D eigenvalue weighted by Crippen LogP contribution is -2.47. The second-order valence-corrected chi connectivity index (χ2v) is 6.45. The third-order valence-corrected chi connectivity index (χ3v) is 4.93. The Morgan fingerprint density at radius 1 is 1.12 bits per heavy atom. The van der Waals surface area contributed by atoms with Crippen molar-refractivity contribution in [2.75, 3.05) is 39.4 Å². The highest BCUT2D eigenvalue weighted by Gasteiger charge is 2.36. The van der Waals surface area contributed by atoms with Crippen LogP contribution in [-0.2, 0) is 10.9 Å². The molecule has 1 atom stereocenters. The van der Waals surface area contributed by atoms with Crippen LogP contribution < -0.4 is 5.32 Å². The molecule has 2 N–H and O–H groups in total. The molecule has 2 fully saturated rings. The van der Waals surface area contributed by atoms with Crippen LogP contribution in [0.2, 0.25) is 0 Å². The molecule has 4 nitrogen and oxygen atoms in total. The van der Waals surface area contributed by atoms with E-state index in [1.54, 1.807) is 0 Å². The van der Waals surface area contributed by atoms with Gasteiger partial charge in [0.15, 0.2) is 0 Å². The van der Waals surface area contributed by atoms with Crippen LogP contribution in [0.25, 0.3) is 0 Å². The lowest BCUT2D eigenvalue weighted by atomic mass is 9.84. The number of benzene rings is 1. The summed E-state index contributed by atoms with van der Waals surface area (Å²) in [4.78, 5) is 2.20. The van der Waals surface area contributed by atoms with Crippen molar-refractivity contribution in [2.24, 2.45) is 5.92 Å². The minimum Gasteiger partial charge on any atom is -0.508 e. The molecule has 2 heterocycles. The van der Waals surface area contributed by atoms with Crippen LogP contribution in [0.1, 0.15) is 30.0 Å². The van der Waals surface area contributed by atoms with E-state index in [9.17, 15) is 18.3 Å². The summed E-state index contributed by atoms with van der Waals surface area (Å²) in [5.74, 6) is 0.129. The maximum Gasteiger partial charge on any atom is 0.416 e. The summed E-state index contributed by atoms with van der Waals surface area (Å²) in [5, 5.41) is 13.6. The number of phenols is 1. The van der Waals surface area contributed by atoms with E-state index in [4.69, 9.17) is 4.74 Å². The van der Waals surface area contributed by atoms with Gasteiger partial charge in [0.25, 0.3) is 0 Å². The fourth-order valence-corrected chi connectivity index (χ4v) is 3.71. The van der Waals surface area contributed by atoms with Crippen LogP contribution in [0.15, 0.2) is 18.2 Å². The van der Waals surface area contributed by atoms with Crippen LogP contribution in [0.4, 0.5) is 13.2 Å². The van der Waals surface area contributed by atoms with Crippen molar-refractivity contribution in [3.05, 3.63) is 29.3 Å². The van der Waals surface area contributed by atoms with E-state index in [1.165, 1.54) is 6.07 Å². The molecule has 0 bridgehead atoms. The summed E-state index contributed by atoms with van der Waals surface area (Å²) < 4.78 is 44.8. The number of nitrogens with one attached hydrogen (secondary N) is 1. The van der Waals surface area contributed by atoms with Crippen LogP contribution in [0, 0.1) is 5.92 Å². The van der Waals surface area contributed by atoms with Gasteiger partial charge >= 0.3 is 6.18 Å². The van der Waals surface area contributed by atoms with Crippen molar-refractivity contribution < 1.29 is 23.0 Å². The zero-order valence-corrected chi connectivity index (χ0v) is 15.9. The molecule has 3 rings (SSSR count). The Kier molecular flexibility index (Phi) is 8.96. The molecule has 0 saturated carbocycles. The number of halogens is 5. The largest absolute Gasteiger partial charge is 0.508 e. The molecule has 9 heteroatoms. The summed E-state index contributed by atoms with van der Waals surface area (Å²) in [5.41, 5.74) is -0.318. The molecule has 0 spiro atoms. The van der Waals surface area contributed by atoms with Crippen LogP contribution in [-0.4, -0.2) is 49.4 Å². The number of nitrogens with zero attached hydrogens (tertiary/aromatic N) is 1. The van der Waals surface area contributed by atoms with Gasteiger partial charge in [0.05, 0.1) is 5.56 Å². The number of aromatic hydroxyl groups is 1. The normalized spacial score (nSPS) is 20.7. The van der Waals surface area contributed by atoms with Gasteiger partial charge in [0, 0.05) is 51.0 Å². The fourth-order valence-electron chi connectivity index (χ4n) is 3.71. The van der Waals surface area contributed by atoms with Crippen LogP contribution in [0.3, 0.4) is 0 Å². The summed E-state index contributed by atoms with van der Waals surface area (Å²) in [6.45, 7) is 4.37. The van der Waals surface area contributed by atoms with E-state index >= 15 is 0 Å². The van der Waals surface area contributed by atoms with Gasteiger partial charge in [-0.1, -0.05) is 0 Å². The zero-order chi connectivity index (χ0) is 17.2. The van der Waals surface area contributed by atoms with Crippen LogP contribution in [0.5, 0.6) is 5.75 Å². The molecular weight excluding hydrogens is 392 g/mol. The molecule has 26 heavy (non-hydrogen) atoms. The first-order valence-electron chi connectivity index (χ1n) is 8.39. The molecule has 1 aromatic carbocycles. The maximum atomic E-state index is 13.1. The number of phenolic OH excluding ortho intramolecular Hbond substituents is 1.